The number of aryl methyl sites for hydroxylation is 2. The van der Waals surface area contributed by atoms with Gasteiger partial charge >= 0.3 is 0 Å². The lowest BCUT2D eigenvalue weighted by molar-refractivity contribution is 0.0649. The maximum atomic E-state index is 13.0. The van der Waals surface area contributed by atoms with E-state index in [0.29, 0.717) is 5.76 Å². The molecule has 1 aromatic heterocycles. The van der Waals surface area contributed by atoms with Crippen molar-refractivity contribution in [1.82, 2.24) is 9.80 Å². The van der Waals surface area contributed by atoms with Gasteiger partial charge in [-0.3, -0.25) is 9.69 Å². The van der Waals surface area contributed by atoms with Gasteiger partial charge in [0.1, 0.15) is 11.5 Å². The zero-order chi connectivity index (χ0) is 19.7. The molecule has 0 N–H and O–H groups in total. The van der Waals surface area contributed by atoms with Crippen LogP contribution in [0.1, 0.15) is 46.7 Å². The Morgan fingerprint density at radius 2 is 2.04 bits per heavy atom. The van der Waals surface area contributed by atoms with E-state index >= 15 is 0 Å². The minimum atomic E-state index is 0.0485. The van der Waals surface area contributed by atoms with Crippen molar-refractivity contribution in [1.29, 1.82) is 0 Å². The monoisotopic (exact) mass is 382 g/mol. The van der Waals surface area contributed by atoms with Crippen molar-refractivity contribution < 1.29 is 13.9 Å². The van der Waals surface area contributed by atoms with E-state index in [4.69, 9.17) is 9.15 Å². The normalized spacial score (nSPS) is 22.8. The number of piperidine rings is 1. The molecule has 0 radical (unpaired) electrons. The first kappa shape index (κ1) is 19.1. The number of amides is 1. The summed E-state index contributed by atoms with van der Waals surface area (Å²) in [5.41, 5.74) is 2.43. The van der Waals surface area contributed by atoms with E-state index in [1.54, 1.807) is 7.11 Å². The van der Waals surface area contributed by atoms with Crippen LogP contribution in [0, 0.1) is 19.3 Å². The summed E-state index contributed by atoms with van der Waals surface area (Å²) in [6.07, 6.45) is 3.46. The number of nitrogens with zero attached hydrogens (tertiary/aromatic N) is 2. The van der Waals surface area contributed by atoms with E-state index in [9.17, 15) is 4.79 Å². The predicted molar refractivity (Wildman–Crippen MR) is 109 cm³/mol. The smallest absolute Gasteiger partial charge is 0.289 e. The first-order valence-corrected chi connectivity index (χ1v) is 10.2. The highest BCUT2D eigenvalue weighted by Gasteiger charge is 2.43. The van der Waals surface area contributed by atoms with Gasteiger partial charge in [0.05, 0.1) is 7.11 Å². The largest absolute Gasteiger partial charge is 0.497 e. The van der Waals surface area contributed by atoms with Crippen LogP contribution >= 0.6 is 0 Å². The van der Waals surface area contributed by atoms with E-state index in [0.717, 1.165) is 56.2 Å². The third kappa shape index (κ3) is 3.81. The number of ether oxygens (including phenoxy) is 1. The van der Waals surface area contributed by atoms with E-state index in [-0.39, 0.29) is 11.3 Å². The molecule has 1 atom stereocenters. The van der Waals surface area contributed by atoms with Crippen molar-refractivity contribution in [2.75, 3.05) is 33.3 Å². The molecule has 2 aromatic rings. The van der Waals surface area contributed by atoms with Gasteiger partial charge < -0.3 is 14.1 Å². The second-order valence-corrected chi connectivity index (χ2v) is 8.51. The van der Waals surface area contributed by atoms with Gasteiger partial charge in [0.25, 0.3) is 5.91 Å². The summed E-state index contributed by atoms with van der Waals surface area (Å²) in [6, 6.07) is 10.3. The molecule has 2 aliphatic heterocycles. The zero-order valence-corrected chi connectivity index (χ0v) is 17.2. The third-order valence-electron chi connectivity index (χ3n) is 6.24. The highest BCUT2D eigenvalue weighted by Crippen LogP contribution is 2.40. The summed E-state index contributed by atoms with van der Waals surface area (Å²) in [5, 5.41) is 0. The summed E-state index contributed by atoms with van der Waals surface area (Å²) in [7, 11) is 1.71. The Bertz CT molecular complexity index is 859. The third-order valence-corrected chi connectivity index (χ3v) is 6.24. The molecule has 2 fully saturated rings. The molecule has 5 nitrogen and oxygen atoms in total. The van der Waals surface area contributed by atoms with Gasteiger partial charge in [-0.25, -0.2) is 0 Å². The van der Waals surface area contributed by atoms with Gasteiger partial charge in [-0.2, -0.15) is 0 Å². The lowest BCUT2D eigenvalue weighted by Crippen LogP contribution is -2.45. The van der Waals surface area contributed by atoms with Gasteiger partial charge in [0.15, 0.2) is 5.76 Å². The molecule has 5 heteroatoms. The number of likely N-dealkylation sites (tertiary alicyclic amines) is 2. The fourth-order valence-electron chi connectivity index (χ4n) is 4.91. The lowest BCUT2D eigenvalue weighted by Gasteiger charge is -2.40. The first-order chi connectivity index (χ1) is 13.5. The average molecular weight is 383 g/mol. The molecule has 2 saturated heterocycles. The molecular weight excluding hydrogens is 352 g/mol. The van der Waals surface area contributed by atoms with Crippen molar-refractivity contribution >= 4 is 5.91 Å². The molecule has 0 bridgehead atoms. The molecule has 28 heavy (non-hydrogen) atoms. The summed E-state index contributed by atoms with van der Waals surface area (Å²) in [5.74, 6) is 2.27. The Labute approximate surface area is 167 Å². The van der Waals surface area contributed by atoms with Crippen molar-refractivity contribution in [2.24, 2.45) is 5.41 Å². The van der Waals surface area contributed by atoms with E-state index in [1.165, 1.54) is 18.4 Å². The highest BCUT2D eigenvalue weighted by atomic mass is 16.5. The standard InChI is InChI=1S/C23H30N2O3/c1-17-12-18(2)28-21(17)22(26)25-11-9-23(16-25)8-5-10-24(15-23)14-19-6-4-7-20(13-19)27-3/h4,6-7,12-13H,5,8-11,14-16H2,1-3H3/t23-/m0/s1. The number of carbonyl (C=O) groups is 1. The van der Waals surface area contributed by atoms with Crippen LogP contribution in [0.2, 0.25) is 0 Å². The fraction of sp³-hybridized carbons (Fsp3) is 0.522. The maximum Gasteiger partial charge on any atom is 0.289 e. The number of benzene rings is 1. The number of carbonyl (C=O) groups excluding carboxylic acids is 1. The van der Waals surface area contributed by atoms with Crippen LogP contribution in [-0.4, -0.2) is 49.0 Å². The quantitative estimate of drug-likeness (QED) is 0.801. The van der Waals surface area contributed by atoms with Crippen LogP contribution in [0.15, 0.2) is 34.7 Å². The average Bonchev–Trinajstić information content (AvgIpc) is 3.24. The Balaban J connectivity index is 1.42. The van der Waals surface area contributed by atoms with Gasteiger partial charge in [-0.1, -0.05) is 12.1 Å². The Kier molecular flexibility index (Phi) is 5.19. The Hall–Kier alpha value is -2.27. The molecule has 4 rings (SSSR count). The zero-order valence-electron chi connectivity index (χ0n) is 17.2. The van der Waals surface area contributed by atoms with Gasteiger partial charge in [-0.05, 0) is 63.4 Å². The number of rotatable bonds is 4. The molecule has 1 aromatic carbocycles. The number of hydrogen-bond donors (Lipinski definition) is 0. The topological polar surface area (TPSA) is 45.9 Å². The summed E-state index contributed by atoms with van der Waals surface area (Å²) in [4.78, 5) is 17.5. The molecule has 0 saturated carbocycles. The van der Waals surface area contributed by atoms with Gasteiger partial charge in [0.2, 0.25) is 0 Å². The summed E-state index contributed by atoms with van der Waals surface area (Å²) >= 11 is 0. The first-order valence-electron chi connectivity index (χ1n) is 10.2. The predicted octanol–water partition coefficient (Wildman–Crippen LogP) is 4.03. The van der Waals surface area contributed by atoms with Crippen molar-refractivity contribution in [2.45, 2.75) is 39.7 Å². The molecule has 150 valence electrons. The minimum Gasteiger partial charge on any atom is -0.497 e. The molecule has 2 aliphatic rings. The SMILES string of the molecule is COc1cccc(CN2CCC[C@]3(CCN(C(=O)c4oc(C)cc4C)C3)C2)c1. The van der Waals surface area contributed by atoms with Crippen LogP contribution in [-0.2, 0) is 6.54 Å². The van der Waals surface area contributed by atoms with Crippen LogP contribution in [0.3, 0.4) is 0 Å². The second kappa shape index (κ2) is 7.63. The summed E-state index contributed by atoms with van der Waals surface area (Å²) in [6.45, 7) is 8.60. The van der Waals surface area contributed by atoms with E-state index in [2.05, 4.69) is 23.1 Å². The second-order valence-electron chi connectivity index (χ2n) is 8.51. The van der Waals surface area contributed by atoms with E-state index < -0.39 is 0 Å². The number of furan rings is 1. The molecule has 1 spiro atoms. The van der Waals surface area contributed by atoms with Crippen molar-refractivity contribution in [3.8, 4) is 5.75 Å². The van der Waals surface area contributed by atoms with Crippen LogP contribution in [0.25, 0.3) is 0 Å². The highest BCUT2D eigenvalue weighted by molar-refractivity contribution is 5.93. The molecule has 0 unspecified atom stereocenters. The number of hydrogen-bond acceptors (Lipinski definition) is 4. The van der Waals surface area contributed by atoms with Crippen LogP contribution in [0.4, 0.5) is 0 Å². The number of methoxy groups -OCH3 is 1. The van der Waals surface area contributed by atoms with Gasteiger partial charge in [-0.15, -0.1) is 0 Å². The maximum absolute atomic E-state index is 13.0. The van der Waals surface area contributed by atoms with Crippen LogP contribution in [0.5, 0.6) is 5.75 Å². The summed E-state index contributed by atoms with van der Waals surface area (Å²) < 4.78 is 11.0. The Morgan fingerprint density at radius 1 is 1.18 bits per heavy atom. The van der Waals surface area contributed by atoms with E-state index in [1.807, 2.05) is 30.9 Å². The Morgan fingerprint density at radius 3 is 2.79 bits per heavy atom. The lowest BCUT2D eigenvalue weighted by atomic mass is 9.79. The van der Waals surface area contributed by atoms with Crippen molar-refractivity contribution in [3.05, 3.63) is 53.0 Å². The molecule has 1 amide bonds. The molecule has 3 heterocycles. The molecule has 0 aliphatic carbocycles. The van der Waals surface area contributed by atoms with Crippen LogP contribution < -0.4 is 4.74 Å². The fourth-order valence-corrected chi connectivity index (χ4v) is 4.91. The van der Waals surface area contributed by atoms with Crippen molar-refractivity contribution in [3.63, 3.8) is 0 Å². The van der Waals surface area contributed by atoms with Gasteiger partial charge in [0, 0.05) is 37.2 Å². The minimum absolute atomic E-state index is 0.0485. The molecular formula is C23H30N2O3.